The largest absolute Gasteiger partial charge is 0.492 e. The van der Waals surface area contributed by atoms with Gasteiger partial charge in [0.1, 0.15) is 0 Å². The molecular formula is C16H16INO2. The van der Waals surface area contributed by atoms with Crippen LogP contribution < -0.4 is 9.47 Å². The van der Waals surface area contributed by atoms with E-state index in [1.807, 2.05) is 55.6 Å². The quantitative estimate of drug-likeness (QED) is 0.566. The van der Waals surface area contributed by atoms with Crippen LogP contribution in [-0.4, -0.2) is 19.9 Å². The number of nitrogens with zero attached hydrogens (tertiary/aromatic N) is 1. The molecule has 0 saturated carbocycles. The molecule has 4 heteroatoms. The van der Waals surface area contributed by atoms with Crippen LogP contribution in [0.5, 0.6) is 11.5 Å². The summed E-state index contributed by atoms with van der Waals surface area (Å²) in [7, 11) is 1.65. The zero-order valence-corrected chi connectivity index (χ0v) is 13.6. The number of hydrogen-bond donors (Lipinski definition) is 0. The summed E-state index contributed by atoms with van der Waals surface area (Å²) < 4.78 is 12.0. The maximum Gasteiger partial charge on any atom is 0.174 e. The normalized spacial score (nSPS) is 10.8. The van der Waals surface area contributed by atoms with Gasteiger partial charge in [-0.15, -0.1) is 0 Å². The summed E-state index contributed by atoms with van der Waals surface area (Å²) in [5, 5.41) is 0. The van der Waals surface area contributed by atoms with Gasteiger partial charge in [-0.1, -0.05) is 18.2 Å². The van der Waals surface area contributed by atoms with Crippen molar-refractivity contribution in [2.24, 2.45) is 4.99 Å². The summed E-state index contributed by atoms with van der Waals surface area (Å²) in [4.78, 5) is 4.45. The highest BCUT2D eigenvalue weighted by molar-refractivity contribution is 14.1. The predicted octanol–water partition coefficient (Wildman–Crippen LogP) is 4.45. The lowest BCUT2D eigenvalue weighted by Gasteiger charge is -2.11. The fraction of sp³-hybridized carbons (Fsp3) is 0.188. The van der Waals surface area contributed by atoms with Crippen molar-refractivity contribution in [1.82, 2.24) is 0 Å². The van der Waals surface area contributed by atoms with E-state index < -0.39 is 0 Å². The van der Waals surface area contributed by atoms with E-state index in [1.165, 1.54) is 0 Å². The van der Waals surface area contributed by atoms with Crippen molar-refractivity contribution >= 4 is 34.5 Å². The second-order valence-corrected chi connectivity index (χ2v) is 5.22. The predicted molar refractivity (Wildman–Crippen MR) is 90.6 cm³/mol. The second-order valence-electron chi connectivity index (χ2n) is 4.06. The van der Waals surface area contributed by atoms with E-state index in [-0.39, 0.29) is 0 Å². The molecule has 2 aromatic carbocycles. The van der Waals surface area contributed by atoms with Gasteiger partial charge in [0.15, 0.2) is 11.5 Å². The minimum atomic E-state index is 0.603. The number of para-hydroxylation sites is 1. The van der Waals surface area contributed by atoms with Crippen LogP contribution in [0.2, 0.25) is 0 Å². The Morgan fingerprint density at radius 2 is 1.95 bits per heavy atom. The average molecular weight is 381 g/mol. The molecule has 0 saturated heterocycles. The third-order valence-corrected chi connectivity index (χ3v) is 3.46. The van der Waals surface area contributed by atoms with Crippen molar-refractivity contribution in [1.29, 1.82) is 0 Å². The lowest BCUT2D eigenvalue weighted by atomic mass is 10.2. The maximum atomic E-state index is 5.61. The highest BCUT2D eigenvalue weighted by Gasteiger charge is 2.10. The molecule has 0 fully saturated rings. The molecule has 0 atom stereocenters. The van der Waals surface area contributed by atoms with Crippen LogP contribution in [-0.2, 0) is 0 Å². The Bertz CT molecular complexity index is 597. The molecule has 0 N–H and O–H groups in total. The molecule has 3 nitrogen and oxygen atoms in total. The van der Waals surface area contributed by atoms with Crippen LogP contribution in [0, 0.1) is 3.57 Å². The van der Waals surface area contributed by atoms with Crippen LogP contribution in [0.15, 0.2) is 47.5 Å². The number of ether oxygens (including phenoxy) is 2. The van der Waals surface area contributed by atoms with E-state index in [0.29, 0.717) is 6.61 Å². The van der Waals surface area contributed by atoms with E-state index in [4.69, 9.17) is 9.47 Å². The number of rotatable bonds is 5. The summed E-state index contributed by atoms with van der Waals surface area (Å²) in [6, 6.07) is 13.8. The second kappa shape index (κ2) is 7.28. The first-order valence-electron chi connectivity index (χ1n) is 6.34. The number of aliphatic imine (C=N–C) groups is 1. The lowest BCUT2D eigenvalue weighted by Crippen LogP contribution is -1.98. The fourth-order valence-electron chi connectivity index (χ4n) is 1.79. The molecule has 2 aromatic rings. The summed E-state index contributed by atoms with van der Waals surface area (Å²) in [6.45, 7) is 2.56. The van der Waals surface area contributed by atoms with Gasteiger partial charge in [0.2, 0.25) is 0 Å². The fourth-order valence-corrected chi connectivity index (χ4v) is 2.63. The zero-order chi connectivity index (χ0) is 14.4. The Balaban J connectivity index is 2.31. The summed E-state index contributed by atoms with van der Waals surface area (Å²) in [6.07, 6.45) is 1.83. The molecule has 0 aromatic heterocycles. The molecule has 20 heavy (non-hydrogen) atoms. The molecule has 0 unspecified atom stereocenters. The minimum Gasteiger partial charge on any atom is -0.492 e. The van der Waals surface area contributed by atoms with Gasteiger partial charge in [0.05, 0.1) is 23.0 Å². The Labute approximate surface area is 132 Å². The molecule has 0 bridgehead atoms. The van der Waals surface area contributed by atoms with Crippen molar-refractivity contribution in [3.63, 3.8) is 0 Å². The summed E-state index contributed by atoms with van der Waals surface area (Å²) in [5.41, 5.74) is 1.92. The standard InChI is InChI=1S/C16H16INO2/c1-3-20-15-10-12(9-14(17)16(15)19-2)11-18-13-7-5-4-6-8-13/h4-11H,3H2,1-2H3. The SMILES string of the molecule is CCOc1cc(C=Nc2ccccc2)cc(I)c1OC. The van der Waals surface area contributed by atoms with Gasteiger partial charge in [-0.2, -0.15) is 0 Å². The highest BCUT2D eigenvalue weighted by atomic mass is 127. The lowest BCUT2D eigenvalue weighted by molar-refractivity contribution is 0.309. The van der Waals surface area contributed by atoms with E-state index in [2.05, 4.69) is 27.6 Å². The first kappa shape index (κ1) is 14.8. The van der Waals surface area contributed by atoms with Gasteiger partial charge in [-0.05, 0) is 59.3 Å². The Morgan fingerprint density at radius 3 is 2.60 bits per heavy atom. The third kappa shape index (κ3) is 3.72. The van der Waals surface area contributed by atoms with E-state index in [9.17, 15) is 0 Å². The third-order valence-electron chi connectivity index (χ3n) is 2.65. The minimum absolute atomic E-state index is 0.603. The van der Waals surface area contributed by atoms with Gasteiger partial charge >= 0.3 is 0 Å². The van der Waals surface area contributed by atoms with Crippen molar-refractivity contribution in [2.45, 2.75) is 6.92 Å². The Hall–Kier alpha value is -1.56. The number of halogens is 1. The molecule has 0 radical (unpaired) electrons. The molecule has 0 aliphatic rings. The molecule has 0 aliphatic heterocycles. The molecule has 0 amide bonds. The smallest absolute Gasteiger partial charge is 0.174 e. The van der Waals surface area contributed by atoms with Crippen molar-refractivity contribution < 1.29 is 9.47 Å². The molecule has 0 heterocycles. The van der Waals surface area contributed by atoms with Gasteiger partial charge in [0, 0.05) is 6.21 Å². The zero-order valence-electron chi connectivity index (χ0n) is 11.5. The topological polar surface area (TPSA) is 30.8 Å². The van der Waals surface area contributed by atoms with Crippen LogP contribution in [0.3, 0.4) is 0 Å². The van der Waals surface area contributed by atoms with Crippen molar-refractivity contribution in [3.05, 3.63) is 51.6 Å². The van der Waals surface area contributed by atoms with Crippen LogP contribution in [0.1, 0.15) is 12.5 Å². The Kier molecular flexibility index (Phi) is 5.40. The van der Waals surface area contributed by atoms with E-state index in [1.54, 1.807) is 7.11 Å². The first-order chi connectivity index (χ1) is 9.74. The van der Waals surface area contributed by atoms with Crippen LogP contribution >= 0.6 is 22.6 Å². The number of benzene rings is 2. The molecule has 2 rings (SSSR count). The van der Waals surface area contributed by atoms with Gasteiger partial charge < -0.3 is 9.47 Å². The first-order valence-corrected chi connectivity index (χ1v) is 7.42. The van der Waals surface area contributed by atoms with Gasteiger partial charge in [0.25, 0.3) is 0 Å². The van der Waals surface area contributed by atoms with Gasteiger partial charge in [-0.3, -0.25) is 4.99 Å². The number of hydrogen-bond acceptors (Lipinski definition) is 3. The van der Waals surface area contributed by atoms with E-state index in [0.717, 1.165) is 26.3 Å². The summed E-state index contributed by atoms with van der Waals surface area (Å²) >= 11 is 2.24. The molecule has 0 spiro atoms. The summed E-state index contributed by atoms with van der Waals surface area (Å²) in [5.74, 6) is 1.51. The van der Waals surface area contributed by atoms with Crippen molar-refractivity contribution in [2.75, 3.05) is 13.7 Å². The average Bonchev–Trinajstić information content (AvgIpc) is 2.46. The molecular weight excluding hydrogens is 365 g/mol. The molecule has 104 valence electrons. The van der Waals surface area contributed by atoms with Crippen LogP contribution in [0.4, 0.5) is 5.69 Å². The van der Waals surface area contributed by atoms with Crippen molar-refractivity contribution in [3.8, 4) is 11.5 Å². The monoisotopic (exact) mass is 381 g/mol. The molecule has 0 aliphatic carbocycles. The van der Waals surface area contributed by atoms with E-state index >= 15 is 0 Å². The highest BCUT2D eigenvalue weighted by Crippen LogP contribution is 2.33. The number of methoxy groups -OCH3 is 1. The van der Waals surface area contributed by atoms with Crippen LogP contribution in [0.25, 0.3) is 0 Å². The maximum absolute atomic E-state index is 5.61. The van der Waals surface area contributed by atoms with Gasteiger partial charge in [-0.25, -0.2) is 0 Å². The Morgan fingerprint density at radius 1 is 1.20 bits per heavy atom.